The van der Waals surface area contributed by atoms with Crippen LogP contribution >= 0.6 is 12.2 Å². The van der Waals surface area contributed by atoms with Gasteiger partial charge in [0.15, 0.2) is 5.11 Å². The summed E-state index contributed by atoms with van der Waals surface area (Å²) < 4.78 is 0. The maximum Gasteiger partial charge on any atom is 0.166 e. The molecule has 17 heavy (non-hydrogen) atoms. The van der Waals surface area contributed by atoms with E-state index in [1.807, 2.05) is 0 Å². The molecular weight excluding hydrogens is 228 g/mol. The number of benzene rings is 1. The molecule has 1 aliphatic carbocycles. The second-order valence-corrected chi connectivity index (χ2v) is 5.32. The summed E-state index contributed by atoms with van der Waals surface area (Å²) in [5.41, 5.74) is 2.87. The third kappa shape index (κ3) is 3.19. The summed E-state index contributed by atoms with van der Waals surface area (Å²) in [6.45, 7) is 4.20. The fourth-order valence-corrected chi connectivity index (χ4v) is 2.74. The number of rotatable bonds is 2. The first-order valence-electron chi connectivity index (χ1n) is 6.31. The van der Waals surface area contributed by atoms with Gasteiger partial charge in [-0.25, -0.2) is 0 Å². The van der Waals surface area contributed by atoms with Gasteiger partial charge in [-0.1, -0.05) is 24.3 Å². The fourth-order valence-electron chi connectivity index (χ4n) is 2.37. The standard InChI is InChI=1S/C14H20N2S/c1-10(2)15-14(17)16-13-9-5-7-11-6-3-4-8-12(11)13/h3-4,6,8,10,13H,5,7,9H2,1-2H3,(H2,15,16,17)/t13-/m0/s1. The topological polar surface area (TPSA) is 24.1 Å². The van der Waals surface area contributed by atoms with Crippen molar-refractivity contribution in [1.29, 1.82) is 0 Å². The summed E-state index contributed by atoms with van der Waals surface area (Å²) in [7, 11) is 0. The van der Waals surface area contributed by atoms with Crippen LogP contribution in [0.25, 0.3) is 0 Å². The first-order valence-corrected chi connectivity index (χ1v) is 6.72. The van der Waals surface area contributed by atoms with Crippen molar-refractivity contribution in [2.24, 2.45) is 0 Å². The van der Waals surface area contributed by atoms with Gasteiger partial charge in [0.2, 0.25) is 0 Å². The largest absolute Gasteiger partial charge is 0.361 e. The third-order valence-electron chi connectivity index (χ3n) is 3.09. The molecule has 1 aliphatic rings. The zero-order chi connectivity index (χ0) is 12.3. The van der Waals surface area contributed by atoms with E-state index in [-0.39, 0.29) is 0 Å². The molecule has 1 atom stereocenters. The zero-order valence-electron chi connectivity index (χ0n) is 10.5. The van der Waals surface area contributed by atoms with Crippen LogP contribution in [-0.2, 0) is 6.42 Å². The number of hydrogen-bond acceptors (Lipinski definition) is 1. The van der Waals surface area contributed by atoms with E-state index in [2.05, 4.69) is 48.7 Å². The molecule has 2 rings (SSSR count). The van der Waals surface area contributed by atoms with E-state index >= 15 is 0 Å². The van der Waals surface area contributed by atoms with Crippen molar-refractivity contribution in [1.82, 2.24) is 10.6 Å². The molecule has 3 heteroatoms. The Morgan fingerprint density at radius 2 is 2.12 bits per heavy atom. The lowest BCUT2D eigenvalue weighted by Crippen LogP contribution is -2.41. The summed E-state index contributed by atoms with van der Waals surface area (Å²) in [6, 6.07) is 9.42. The molecule has 0 spiro atoms. The molecule has 0 saturated carbocycles. The average Bonchev–Trinajstić information content (AvgIpc) is 2.28. The molecule has 0 aromatic heterocycles. The van der Waals surface area contributed by atoms with Gasteiger partial charge in [0.1, 0.15) is 0 Å². The normalized spacial score (nSPS) is 18.6. The van der Waals surface area contributed by atoms with Gasteiger partial charge in [0, 0.05) is 6.04 Å². The quantitative estimate of drug-likeness (QED) is 0.787. The van der Waals surface area contributed by atoms with Crippen LogP contribution in [-0.4, -0.2) is 11.2 Å². The first kappa shape index (κ1) is 12.4. The summed E-state index contributed by atoms with van der Waals surface area (Å²) in [6.07, 6.45) is 3.59. The molecular formula is C14H20N2S. The zero-order valence-corrected chi connectivity index (χ0v) is 11.3. The van der Waals surface area contributed by atoms with Crippen molar-refractivity contribution in [3.8, 4) is 0 Å². The monoisotopic (exact) mass is 248 g/mol. The van der Waals surface area contributed by atoms with Crippen LogP contribution in [0.2, 0.25) is 0 Å². The van der Waals surface area contributed by atoms with Gasteiger partial charge in [-0.2, -0.15) is 0 Å². The molecule has 0 aliphatic heterocycles. The Hall–Kier alpha value is -1.09. The van der Waals surface area contributed by atoms with E-state index in [1.165, 1.54) is 24.0 Å². The molecule has 1 aromatic rings. The Morgan fingerprint density at radius 1 is 1.35 bits per heavy atom. The van der Waals surface area contributed by atoms with Crippen LogP contribution in [0.3, 0.4) is 0 Å². The summed E-state index contributed by atoms with van der Waals surface area (Å²) in [5.74, 6) is 0. The predicted molar refractivity (Wildman–Crippen MR) is 76.1 cm³/mol. The van der Waals surface area contributed by atoms with Crippen LogP contribution in [0, 0.1) is 0 Å². The molecule has 0 radical (unpaired) electrons. The van der Waals surface area contributed by atoms with Crippen LogP contribution in [0.4, 0.5) is 0 Å². The minimum Gasteiger partial charge on any atom is -0.361 e. The number of fused-ring (bicyclic) bond motifs is 1. The minimum absolute atomic E-state index is 0.374. The Labute approximate surface area is 109 Å². The van der Waals surface area contributed by atoms with E-state index in [0.29, 0.717) is 12.1 Å². The Morgan fingerprint density at radius 3 is 2.88 bits per heavy atom. The van der Waals surface area contributed by atoms with Crippen molar-refractivity contribution < 1.29 is 0 Å². The molecule has 0 unspecified atom stereocenters. The lowest BCUT2D eigenvalue weighted by molar-refractivity contribution is 0.520. The van der Waals surface area contributed by atoms with Crippen molar-refractivity contribution >= 4 is 17.3 Å². The lowest BCUT2D eigenvalue weighted by Gasteiger charge is -2.28. The van der Waals surface area contributed by atoms with Crippen LogP contribution < -0.4 is 10.6 Å². The Bertz CT molecular complexity index is 401. The van der Waals surface area contributed by atoms with Gasteiger partial charge in [-0.3, -0.25) is 0 Å². The number of thiocarbonyl (C=S) groups is 1. The molecule has 2 nitrogen and oxygen atoms in total. The van der Waals surface area contributed by atoms with Gasteiger partial charge < -0.3 is 10.6 Å². The van der Waals surface area contributed by atoms with E-state index < -0.39 is 0 Å². The maximum atomic E-state index is 5.32. The summed E-state index contributed by atoms with van der Waals surface area (Å²) in [5, 5.41) is 7.43. The average molecular weight is 248 g/mol. The first-order chi connectivity index (χ1) is 8.16. The molecule has 0 saturated heterocycles. The highest BCUT2D eigenvalue weighted by atomic mass is 32.1. The van der Waals surface area contributed by atoms with Crippen molar-refractivity contribution in [3.63, 3.8) is 0 Å². The summed E-state index contributed by atoms with van der Waals surface area (Å²) in [4.78, 5) is 0. The van der Waals surface area contributed by atoms with Crippen molar-refractivity contribution in [2.75, 3.05) is 0 Å². The van der Waals surface area contributed by atoms with Crippen molar-refractivity contribution in [3.05, 3.63) is 35.4 Å². The lowest BCUT2D eigenvalue weighted by atomic mass is 9.88. The highest BCUT2D eigenvalue weighted by Crippen LogP contribution is 2.29. The number of aryl methyl sites for hydroxylation is 1. The molecule has 2 N–H and O–H groups in total. The molecule has 92 valence electrons. The molecule has 0 amide bonds. The van der Waals surface area contributed by atoms with Crippen molar-refractivity contribution in [2.45, 2.75) is 45.2 Å². The van der Waals surface area contributed by atoms with Gasteiger partial charge in [-0.15, -0.1) is 0 Å². The second-order valence-electron chi connectivity index (χ2n) is 4.92. The van der Waals surface area contributed by atoms with Gasteiger partial charge >= 0.3 is 0 Å². The van der Waals surface area contributed by atoms with E-state index in [0.717, 1.165) is 11.5 Å². The maximum absolute atomic E-state index is 5.32. The SMILES string of the molecule is CC(C)NC(=S)N[C@H]1CCCc2ccccc21. The van der Waals surface area contributed by atoms with Gasteiger partial charge in [0.05, 0.1) is 6.04 Å². The fraction of sp³-hybridized carbons (Fsp3) is 0.500. The van der Waals surface area contributed by atoms with Crippen LogP contribution in [0.1, 0.15) is 43.9 Å². The van der Waals surface area contributed by atoms with Gasteiger partial charge in [-0.05, 0) is 56.5 Å². The Kier molecular flexibility index (Phi) is 4.00. The molecule has 0 bridgehead atoms. The van der Waals surface area contributed by atoms with E-state index in [9.17, 15) is 0 Å². The van der Waals surface area contributed by atoms with E-state index in [1.54, 1.807) is 0 Å². The Balaban J connectivity index is 2.06. The predicted octanol–water partition coefficient (Wildman–Crippen LogP) is 2.94. The highest BCUT2D eigenvalue weighted by Gasteiger charge is 2.20. The second kappa shape index (κ2) is 5.50. The van der Waals surface area contributed by atoms with Crippen LogP contribution in [0.15, 0.2) is 24.3 Å². The van der Waals surface area contributed by atoms with E-state index in [4.69, 9.17) is 12.2 Å². The highest BCUT2D eigenvalue weighted by molar-refractivity contribution is 7.80. The third-order valence-corrected chi connectivity index (χ3v) is 3.33. The summed E-state index contributed by atoms with van der Waals surface area (Å²) >= 11 is 5.32. The minimum atomic E-state index is 0.374. The molecule has 1 aromatic carbocycles. The smallest absolute Gasteiger partial charge is 0.166 e. The number of hydrogen-bond donors (Lipinski definition) is 2. The van der Waals surface area contributed by atoms with Gasteiger partial charge in [0.25, 0.3) is 0 Å². The number of nitrogens with one attached hydrogen (secondary N) is 2. The van der Waals surface area contributed by atoms with Crippen LogP contribution in [0.5, 0.6) is 0 Å². The molecule has 0 heterocycles. The molecule has 0 fully saturated rings.